The van der Waals surface area contributed by atoms with Crippen LogP contribution in [0.5, 0.6) is 11.5 Å². The van der Waals surface area contributed by atoms with Crippen LogP contribution in [0.1, 0.15) is 27.0 Å². The molecule has 6 heteroatoms. The molecule has 2 aromatic rings. The molecule has 0 spiro atoms. The van der Waals surface area contributed by atoms with E-state index in [0.29, 0.717) is 39.5 Å². The number of carbonyl (C=O) groups is 1. The number of aryl methyl sites for hydroxylation is 2. The van der Waals surface area contributed by atoms with Crippen molar-refractivity contribution in [2.45, 2.75) is 20.4 Å². The number of aromatic nitrogens is 1. The lowest BCUT2D eigenvalue weighted by Gasteiger charge is -2.10. The van der Waals surface area contributed by atoms with E-state index in [1.807, 2.05) is 18.2 Å². The monoisotopic (exact) mass is 300 g/mol. The van der Waals surface area contributed by atoms with Crippen LogP contribution < -0.4 is 19.5 Å². The van der Waals surface area contributed by atoms with Crippen LogP contribution >= 0.6 is 0 Å². The molecule has 1 aliphatic rings. The lowest BCUT2D eigenvalue weighted by Crippen LogP contribution is -2.30. The molecule has 1 amide bonds. The molecule has 0 saturated heterocycles. The van der Waals surface area contributed by atoms with Crippen LogP contribution in [0.2, 0.25) is 0 Å². The summed E-state index contributed by atoms with van der Waals surface area (Å²) in [5, 5.41) is 14.2. The molecule has 0 aliphatic carbocycles. The second kappa shape index (κ2) is 5.55. The SMILES string of the molecule is Cc1c[n+]([O-])cc(C)c1C(=O)NCc1ccc2c(c1)OCO2. The number of ether oxygens (including phenoxy) is 2. The van der Waals surface area contributed by atoms with E-state index >= 15 is 0 Å². The van der Waals surface area contributed by atoms with Crippen LogP contribution in [0.4, 0.5) is 0 Å². The summed E-state index contributed by atoms with van der Waals surface area (Å²) in [6.07, 6.45) is 2.78. The van der Waals surface area contributed by atoms with Crippen molar-refractivity contribution in [3.05, 3.63) is 58.1 Å². The number of hydrogen-bond acceptors (Lipinski definition) is 4. The van der Waals surface area contributed by atoms with Crippen molar-refractivity contribution in [2.24, 2.45) is 0 Å². The Morgan fingerprint density at radius 2 is 1.91 bits per heavy atom. The van der Waals surface area contributed by atoms with Crippen molar-refractivity contribution in [3.8, 4) is 11.5 Å². The average Bonchev–Trinajstić information content (AvgIpc) is 2.91. The van der Waals surface area contributed by atoms with Gasteiger partial charge in [0.15, 0.2) is 23.9 Å². The molecule has 114 valence electrons. The van der Waals surface area contributed by atoms with Gasteiger partial charge in [0.05, 0.1) is 5.56 Å². The van der Waals surface area contributed by atoms with E-state index < -0.39 is 0 Å². The third-order valence-electron chi connectivity index (χ3n) is 3.55. The first-order valence-electron chi connectivity index (χ1n) is 6.91. The molecule has 3 rings (SSSR count). The first-order chi connectivity index (χ1) is 10.5. The number of nitrogens with zero attached hydrogens (tertiary/aromatic N) is 1. The second-order valence-electron chi connectivity index (χ2n) is 5.23. The highest BCUT2D eigenvalue weighted by atomic mass is 16.7. The number of amides is 1. The van der Waals surface area contributed by atoms with Crippen LogP contribution in [0.15, 0.2) is 30.6 Å². The standard InChI is InChI=1S/C16H16N2O4/c1-10-7-18(20)8-11(2)15(10)16(19)17-6-12-3-4-13-14(5-12)22-9-21-13/h3-5,7-8H,6,9H2,1-2H3,(H,17,19). The highest BCUT2D eigenvalue weighted by Gasteiger charge is 2.17. The van der Waals surface area contributed by atoms with E-state index in [9.17, 15) is 10.0 Å². The van der Waals surface area contributed by atoms with Gasteiger partial charge in [-0.05, 0) is 31.5 Å². The summed E-state index contributed by atoms with van der Waals surface area (Å²) in [7, 11) is 0. The number of carbonyl (C=O) groups excluding carboxylic acids is 1. The minimum Gasteiger partial charge on any atom is -0.619 e. The molecule has 6 nitrogen and oxygen atoms in total. The van der Waals surface area contributed by atoms with Crippen LogP contribution in [0, 0.1) is 19.1 Å². The maximum atomic E-state index is 12.3. The zero-order valence-corrected chi connectivity index (χ0v) is 12.4. The molecular weight excluding hydrogens is 284 g/mol. The number of benzene rings is 1. The van der Waals surface area contributed by atoms with Crippen molar-refractivity contribution < 1.29 is 19.0 Å². The molecule has 0 saturated carbocycles. The summed E-state index contributed by atoms with van der Waals surface area (Å²) in [5.74, 6) is 1.20. The van der Waals surface area contributed by atoms with Crippen LogP contribution in [0.25, 0.3) is 0 Å². The summed E-state index contributed by atoms with van der Waals surface area (Å²) in [4.78, 5) is 12.3. The fourth-order valence-electron chi connectivity index (χ4n) is 2.54. The number of pyridine rings is 1. The Morgan fingerprint density at radius 1 is 1.23 bits per heavy atom. The molecule has 0 bridgehead atoms. The smallest absolute Gasteiger partial charge is 0.252 e. The van der Waals surface area contributed by atoms with Gasteiger partial charge in [-0.3, -0.25) is 4.79 Å². The average molecular weight is 300 g/mol. The molecule has 0 unspecified atom stereocenters. The Morgan fingerprint density at radius 3 is 2.64 bits per heavy atom. The normalized spacial score (nSPS) is 12.3. The number of hydrogen-bond donors (Lipinski definition) is 1. The summed E-state index contributed by atoms with van der Waals surface area (Å²) in [6.45, 7) is 4.09. The van der Waals surface area contributed by atoms with Gasteiger partial charge in [-0.1, -0.05) is 6.07 Å². The Hall–Kier alpha value is -2.76. The largest absolute Gasteiger partial charge is 0.619 e. The van der Waals surface area contributed by atoms with Crippen molar-refractivity contribution in [3.63, 3.8) is 0 Å². The summed E-state index contributed by atoms with van der Waals surface area (Å²) in [6, 6.07) is 5.55. The molecule has 1 aromatic heterocycles. The fourth-order valence-corrected chi connectivity index (χ4v) is 2.54. The van der Waals surface area contributed by atoms with E-state index in [1.165, 1.54) is 12.4 Å². The highest BCUT2D eigenvalue weighted by molar-refractivity contribution is 5.96. The van der Waals surface area contributed by atoms with Gasteiger partial charge in [-0.25, -0.2) is 0 Å². The molecule has 2 heterocycles. The van der Waals surface area contributed by atoms with Gasteiger partial charge in [0.2, 0.25) is 6.79 Å². The Bertz CT molecular complexity index is 720. The maximum Gasteiger partial charge on any atom is 0.252 e. The molecule has 22 heavy (non-hydrogen) atoms. The molecule has 0 radical (unpaired) electrons. The van der Waals surface area contributed by atoms with E-state index in [1.54, 1.807) is 13.8 Å². The molecule has 1 aliphatic heterocycles. The summed E-state index contributed by atoms with van der Waals surface area (Å²) < 4.78 is 11.3. The number of nitrogens with one attached hydrogen (secondary N) is 1. The van der Waals surface area contributed by atoms with Crippen molar-refractivity contribution in [1.29, 1.82) is 0 Å². The lowest BCUT2D eigenvalue weighted by atomic mass is 10.1. The maximum absolute atomic E-state index is 12.3. The van der Waals surface area contributed by atoms with Gasteiger partial charge in [-0.2, -0.15) is 4.73 Å². The first kappa shape index (κ1) is 14.2. The third kappa shape index (κ3) is 2.67. The summed E-state index contributed by atoms with van der Waals surface area (Å²) in [5.41, 5.74) is 2.76. The van der Waals surface area contributed by atoms with Crippen LogP contribution in [0.3, 0.4) is 0 Å². The Balaban J connectivity index is 1.73. The number of rotatable bonds is 3. The fraction of sp³-hybridized carbons (Fsp3) is 0.250. The minimum absolute atomic E-state index is 0.201. The number of fused-ring (bicyclic) bond motifs is 1. The van der Waals surface area contributed by atoms with Crippen molar-refractivity contribution >= 4 is 5.91 Å². The summed E-state index contributed by atoms with van der Waals surface area (Å²) >= 11 is 0. The van der Waals surface area contributed by atoms with E-state index in [-0.39, 0.29) is 12.7 Å². The Labute approximate surface area is 127 Å². The van der Waals surface area contributed by atoms with E-state index in [4.69, 9.17) is 9.47 Å². The second-order valence-corrected chi connectivity index (χ2v) is 5.23. The molecule has 1 N–H and O–H groups in total. The lowest BCUT2D eigenvalue weighted by molar-refractivity contribution is -0.606. The van der Waals surface area contributed by atoms with Gasteiger partial charge >= 0.3 is 0 Å². The molecule has 0 fully saturated rings. The molecule has 1 aromatic carbocycles. The minimum atomic E-state index is -0.201. The predicted octanol–water partition coefficient (Wildman–Crippen LogP) is 1.60. The van der Waals surface area contributed by atoms with Crippen molar-refractivity contribution in [2.75, 3.05) is 6.79 Å². The predicted molar refractivity (Wildman–Crippen MR) is 78.6 cm³/mol. The van der Waals surface area contributed by atoms with E-state index in [2.05, 4.69) is 5.32 Å². The third-order valence-corrected chi connectivity index (χ3v) is 3.55. The van der Waals surface area contributed by atoms with Crippen LogP contribution in [-0.2, 0) is 6.54 Å². The van der Waals surface area contributed by atoms with Gasteiger partial charge in [-0.15, -0.1) is 0 Å². The topological polar surface area (TPSA) is 74.5 Å². The van der Waals surface area contributed by atoms with Crippen LogP contribution in [-0.4, -0.2) is 12.7 Å². The highest BCUT2D eigenvalue weighted by Crippen LogP contribution is 2.32. The van der Waals surface area contributed by atoms with E-state index in [0.717, 1.165) is 5.56 Å². The first-order valence-corrected chi connectivity index (χ1v) is 6.91. The zero-order chi connectivity index (χ0) is 15.7. The van der Waals surface area contributed by atoms with Gasteiger partial charge in [0.1, 0.15) is 0 Å². The van der Waals surface area contributed by atoms with Crippen molar-refractivity contribution in [1.82, 2.24) is 5.32 Å². The van der Waals surface area contributed by atoms with Gasteiger partial charge < -0.3 is 20.0 Å². The molecular formula is C16H16N2O4. The quantitative estimate of drug-likeness (QED) is 0.690. The zero-order valence-electron chi connectivity index (χ0n) is 12.4. The van der Waals surface area contributed by atoms with Gasteiger partial charge in [0, 0.05) is 17.7 Å². The Kier molecular flexibility index (Phi) is 3.58. The molecule has 0 atom stereocenters. The van der Waals surface area contributed by atoms with Gasteiger partial charge in [0.25, 0.3) is 5.91 Å².